The first-order chi connectivity index (χ1) is 5.59. The van der Waals surface area contributed by atoms with Crippen molar-refractivity contribution in [3.8, 4) is 5.75 Å². The Kier molecular flexibility index (Phi) is 2.33. The van der Waals surface area contributed by atoms with Gasteiger partial charge in [0.25, 0.3) is 0 Å². The zero-order chi connectivity index (χ0) is 9.14. The van der Waals surface area contributed by atoms with Gasteiger partial charge >= 0.3 is 5.97 Å². The third kappa shape index (κ3) is 1.99. The van der Waals surface area contributed by atoms with Crippen molar-refractivity contribution >= 4 is 5.97 Å². The van der Waals surface area contributed by atoms with E-state index in [0.717, 1.165) is 5.56 Å². The van der Waals surface area contributed by atoms with E-state index in [0.29, 0.717) is 5.56 Å². The number of hydrogen-bond donors (Lipinski definition) is 2. The topological polar surface area (TPSA) is 57.5 Å². The molecule has 0 aromatic heterocycles. The lowest BCUT2D eigenvalue weighted by atomic mass is 10.1. The molecule has 3 nitrogen and oxygen atoms in total. The van der Waals surface area contributed by atoms with Crippen molar-refractivity contribution in [3.05, 3.63) is 29.3 Å². The van der Waals surface area contributed by atoms with E-state index in [-0.39, 0.29) is 12.2 Å². The fraction of sp³-hybridized carbons (Fsp3) is 0.222. The maximum absolute atomic E-state index is 10.3. The van der Waals surface area contributed by atoms with Crippen LogP contribution in [0.3, 0.4) is 0 Å². The molecule has 0 spiro atoms. The Labute approximate surface area is 70.3 Å². The van der Waals surface area contributed by atoms with Crippen LogP contribution in [0.4, 0.5) is 0 Å². The van der Waals surface area contributed by atoms with E-state index in [1.54, 1.807) is 19.1 Å². The minimum Gasteiger partial charge on any atom is -0.508 e. The Balaban J connectivity index is 2.89. The number of carboxylic acids is 1. The molecule has 0 saturated carbocycles. The molecule has 0 radical (unpaired) electrons. The molecule has 1 aromatic rings. The quantitative estimate of drug-likeness (QED) is 0.696. The average molecular weight is 166 g/mol. The fourth-order valence-electron chi connectivity index (χ4n) is 0.940. The molecule has 0 heterocycles. The third-order valence-electron chi connectivity index (χ3n) is 1.63. The molecule has 0 atom stereocenters. The first kappa shape index (κ1) is 8.59. The molecular weight excluding hydrogens is 156 g/mol. The monoisotopic (exact) mass is 166 g/mol. The molecule has 0 amide bonds. The molecule has 0 aliphatic rings. The van der Waals surface area contributed by atoms with Crippen LogP contribution >= 0.6 is 0 Å². The molecule has 0 saturated heterocycles. The molecule has 12 heavy (non-hydrogen) atoms. The number of phenolic OH excluding ortho intramolecular Hbond substituents is 1. The van der Waals surface area contributed by atoms with Gasteiger partial charge in [-0.1, -0.05) is 12.1 Å². The lowest BCUT2D eigenvalue weighted by Gasteiger charge is -2.00. The van der Waals surface area contributed by atoms with Crippen LogP contribution in [-0.2, 0) is 11.2 Å². The van der Waals surface area contributed by atoms with Crippen molar-refractivity contribution in [3.63, 3.8) is 0 Å². The zero-order valence-corrected chi connectivity index (χ0v) is 6.74. The number of aliphatic carboxylic acids is 1. The van der Waals surface area contributed by atoms with Crippen LogP contribution in [0, 0.1) is 6.92 Å². The Morgan fingerprint density at radius 1 is 1.50 bits per heavy atom. The molecule has 0 fully saturated rings. The van der Waals surface area contributed by atoms with Crippen LogP contribution in [-0.4, -0.2) is 16.2 Å². The highest BCUT2D eigenvalue weighted by molar-refractivity contribution is 5.70. The average Bonchev–Trinajstić information content (AvgIpc) is 1.96. The summed E-state index contributed by atoms with van der Waals surface area (Å²) in [4.78, 5) is 10.3. The van der Waals surface area contributed by atoms with Crippen molar-refractivity contribution in [2.24, 2.45) is 0 Å². The van der Waals surface area contributed by atoms with Crippen molar-refractivity contribution in [1.82, 2.24) is 0 Å². The van der Waals surface area contributed by atoms with Crippen molar-refractivity contribution < 1.29 is 15.0 Å². The summed E-state index contributed by atoms with van der Waals surface area (Å²) in [6, 6.07) is 4.88. The Bertz CT molecular complexity index is 305. The number of rotatable bonds is 2. The van der Waals surface area contributed by atoms with Crippen molar-refractivity contribution in [2.75, 3.05) is 0 Å². The number of benzene rings is 1. The highest BCUT2D eigenvalue weighted by atomic mass is 16.4. The highest BCUT2D eigenvalue weighted by Crippen LogP contribution is 2.17. The summed E-state index contributed by atoms with van der Waals surface area (Å²) in [7, 11) is 0. The van der Waals surface area contributed by atoms with Crippen LogP contribution in [0.5, 0.6) is 5.75 Å². The van der Waals surface area contributed by atoms with Gasteiger partial charge in [-0.05, 0) is 24.1 Å². The summed E-state index contributed by atoms with van der Waals surface area (Å²) in [5.41, 5.74) is 1.37. The molecule has 1 rings (SSSR count). The van der Waals surface area contributed by atoms with Gasteiger partial charge < -0.3 is 10.2 Å². The van der Waals surface area contributed by atoms with Crippen LogP contribution < -0.4 is 0 Å². The van der Waals surface area contributed by atoms with Gasteiger partial charge in [-0.3, -0.25) is 4.79 Å². The fourth-order valence-corrected chi connectivity index (χ4v) is 0.940. The summed E-state index contributed by atoms with van der Waals surface area (Å²) >= 11 is 0. The molecular formula is C9H10O3. The van der Waals surface area contributed by atoms with Crippen LogP contribution in [0.25, 0.3) is 0 Å². The van der Waals surface area contributed by atoms with E-state index in [4.69, 9.17) is 5.11 Å². The summed E-state index contributed by atoms with van der Waals surface area (Å²) in [6.07, 6.45) is -0.0478. The van der Waals surface area contributed by atoms with Gasteiger partial charge in [0.15, 0.2) is 0 Å². The molecule has 2 N–H and O–H groups in total. The van der Waals surface area contributed by atoms with Gasteiger partial charge in [0.05, 0.1) is 6.42 Å². The molecule has 0 bridgehead atoms. The molecule has 3 heteroatoms. The van der Waals surface area contributed by atoms with E-state index in [1.807, 2.05) is 0 Å². The van der Waals surface area contributed by atoms with Gasteiger partial charge in [-0.15, -0.1) is 0 Å². The number of carboxylic acid groups (broad SMARTS) is 1. The number of phenols is 1. The molecule has 0 aliphatic carbocycles. The number of carbonyl (C=O) groups is 1. The maximum Gasteiger partial charge on any atom is 0.307 e. The van der Waals surface area contributed by atoms with E-state index in [1.165, 1.54) is 6.07 Å². The Morgan fingerprint density at radius 2 is 2.17 bits per heavy atom. The number of aromatic hydroxyl groups is 1. The summed E-state index contributed by atoms with van der Waals surface area (Å²) in [5, 5.41) is 17.7. The largest absolute Gasteiger partial charge is 0.508 e. The van der Waals surface area contributed by atoms with Gasteiger partial charge in [0.2, 0.25) is 0 Å². The zero-order valence-electron chi connectivity index (χ0n) is 6.74. The second-order valence-corrected chi connectivity index (χ2v) is 2.69. The Hall–Kier alpha value is -1.51. The molecule has 1 aromatic carbocycles. The normalized spacial score (nSPS) is 9.75. The number of hydrogen-bond acceptors (Lipinski definition) is 2. The standard InChI is InChI=1S/C9H10O3/c1-6-2-3-7(4-8(6)10)5-9(11)12/h2-4,10H,5H2,1H3,(H,11,12). The molecule has 0 aliphatic heterocycles. The summed E-state index contributed by atoms with van der Waals surface area (Å²) in [6.45, 7) is 1.76. The second-order valence-electron chi connectivity index (χ2n) is 2.69. The lowest BCUT2D eigenvalue weighted by molar-refractivity contribution is -0.136. The van der Waals surface area contributed by atoms with E-state index in [9.17, 15) is 9.90 Å². The van der Waals surface area contributed by atoms with Gasteiger partial charge in [-0.25, -0.2) is 0 Å². The predicted molar refractivity (Wildman–Crippen MR) is 44.2 cm³/mol. The van der Waals surface area contributed by atoms with Crippen molar-refractivity contribution in [1.29, 1.82) is 0 Å². The Morgan fingerprint density at radius 3 is 2.67 bits per heavy atom. The third-order valence-corrected chi connectivity index (χ3v) is 1.63. The SMILES string of the molecule is Cc1ccc(CC(=O)O)cc1O. The van der Waals surface area contributed by atoms with Gasteiger partial charge in [0, 0.05) is 0 Å². The highest BCUT2D eigenvalue weighted by Gasteiger charge is 2.02. The lowest BCUT2D eigenvalue weighted by Crippen LogP contribution is -1.99. The maximum atomic E-state index is 10.3. The second kappa shape index (κ2) is 3.26. The van der Waals surface area contributed by atoms with E-state index in [2.05, 4.69) is 0 Å². The van der Waals surface area contributed by atoms with Gasteiger partial charge in [0.1, 0.15) is 5.75 Å². The first-order valence-electron chi connectivity index (χ1n) is 3.60. The van der Waals surface area contributed by atoms with Crippen molar-refractivity contribution in [2.45, 2.75) is 13.3 Å². The van der Waals surface area contributed by atoms with E-state index < -0.39 is 5.97 Å². The van der Waals surface area contributed by atoms with Crippen LogP contribution in [0.1, 0.15) is 11.1 Å². The summed E-state index contributed by atoms with van der Waals surface area (Å²) in [5.74, 6) is -0.744. The molecule has 64 valence electrons. The summed E-state index contributed by atoms with van der Waals surface area (Å²) < 4.78 is 0. The first-order valence-corrected chi connectivity index (χ1v) is 3.60. The van der Waals surface area contributed by atoms with Crippen LogP contribution in [0.15, 0.2) is 18.2 Å². The van der Waals surface area contributed by atoms with Crippen LogP contribution in [0.2, 0.25) is 0 Å². The smallest absolute Gasteiger partial charge is 0.307 e. The minimum absolute atomic E-state index is 0.0478. The van der Waals surface area contributed by atoms with E-state index >= 15 is 0 Å². The minimum atomic E-state index is -0.891. The number of aryl methyl sites for hydroxylation is 1. The van der Waals surface area contributed by atoms with Gasteiger partial charge in [-0.2, -0.15) is 0 Å². The molecule has 0 unspecified atom stereocenters. The predicted octanol–water partition coefficient (Wildman–Crippen LogP) is 1.33.